The van der Waals surface area contributed by atoms with E-state index in [1.807, 2.05) is 6.07 Å². The van der Waals surface area contributed by atoms with E-state index in [0.29, 0.717) is 17.9 Å². The van der Waals surface area contributed by atoms with Crippen LogP contribution in [0.25, 0.3) is 0 Å². The molecule has 1 aliphatic heterocycles. The van der Waals surface area contributed by atoms with Crippen molar-refractivity contribution in [2.75, 3.05) is 25.6 Å². The van der Waals surface area contributed by atoms with Gasteiger partial charge < -0.3 is 14.8 Å². The zero-order valence-electron chi connectivity index (χ0n) is 10.2. The van der Waals surface area contributed by atoms with Gasteiger partial charge in [0.1, 0.15) is 5.75 Å². The standard InChI is InChI=1S/C13H17NO3/c1-3-17-13(15)10-7-9-5-4-6-14-12(9)11(8-10)16-2/h7-8,14H,3-6H2,1-2H3. The highest BCUT2D eigenvalue weighted by Gasteiger charge is 2.18. The molecule has 0 amide bonds. The lowest BCUT2D eigenvalue weighted by molar-refractivity contribution is 0.0526. The number of anilines is 1. The summed E-state index contributed by atoms with van der Waals surface area (Å²) in [5.74, 6) is 0.421. The van der Waals surface area contributed by atoms with E-state index in [-0.39, 0.29) is 5.97 Å². The summed E-state index contributed by atoms with van der Waals surface area (Å²) in [6.07, 6.45) is 2.04. The lowest BCUT2D eigenvalue weighted by Crippen LogP contribution is -2.14. The predicted molar refractivity (Wildman–Crippen MR) is 65.8 cm³/mol. The number of methoxy groups -OCH3 is 1. The molecule has 0 saturated heterocycles. The molecule has 92 valence electrons. The number of esters is 1. The maximum Gasteiger partial charge on any atom is 0.338 e. The largest absolute Gasteiger partial charge is 0.495 e. The second-order valence-electron chi connectivity index (χ2n) is 3.96. The smallest absolute Gasteiger partial charge is 0.338 e. The predicted octanol–water partition coefficient (Wildman–Crippen LogP) is 2.23. The van der Waals surface area contributed by atoms with Gasteiger partial charge in [-0.1, -0.05) is 0 Å². The van der Waals surface area contributed by atoms with Crippen LogP contribution < -0.4 is 10.1 Å². The number of nitrogens with one attached hydrogen (secondary N) is 1. The van der Waals surface area contributed by atoms with Crippen LogP contribution >= 0.6 is 0 Å². The number of hydrogen-bond donors (Lipinski definition) is 1. The highest BCUT2D eigenvalue weighted by molar-refractivity contribution is 5.91. The molecular formula is C13H17NO3. The van der Waals surface area contributed by atoms with Crippen LogP contribution in [0.1, 0.15) is 29.3 Å². The Morgan fingerprint density at radius 2 is 2.29 bits per heavy atom. The number of carbonyl (C=O) groups is 1. The third-order valence-electron chi connectivity index (χ3n) is 2.84. The van der Waals surface area contributed by atoms with Crippen LogP contribution in [-0.2, 0) is 11.2 Å². The van der Waals surface area contributed by atoms with Crippen molar-refractivity contribution in [2.24, 2.45) is 0 Å². The maximum atomic E-state index is 11.7. The van der Waals surface area contributed by atoms with Crippen molar-refractivity contribution in [3.8, 4) is 5.75 Å². The molecule has 1 aliphatic rings. The van der Waals surface area contributed by atoms with Gasteiger partial charge in [0, 0.05) is 6.54 Å². The fraction of sp³-hybridized carbons (Fsp3) is 0.462. The van der Waals surface area contributed by atoms with Crippen LogP contribution in [-0.4, -0.2) is 26.2 Å². The molecule has 4 heteroatoms. The monoisotopic (exact) mass is 235 g/mol. The molecule has 2 rings (SSSR count). The Balaban J connectivity index is 2.39. The molecule has 0 saturated carbocycles. The van der Waals surface area contributed by atoms with Gasteiger partial charge in [0.15, 0.2) is 0 Å². The van der Waals surface area contributed by atoms with Crippen molar-refractivity contribution in [1.29, 1.82) is 0 Å². The minimum absolute atomic E-state index is 0.292. The van der Waals surface area contributed by atoms with Crippen molar-refractivity contribution in [3.63, 3.8) is 0 Å². The van der Waals surface area contributed by atoms with E-state index >= 15 is 0 Å². The molecule has 0 aromatic heterocycles. The zero-order chi connectivity index (χ0) is 12.3. The molecule has 0 aliphatic carbocycles. The lowest BCUT2D eigenvalue weighted by atomic mass is 10.00. The van der Waals surface area contributed by atoms with Crippen LogP contribution in [0.2, 0.25) is 0 Å². The number of rotatable bonds is 3. The highest BCUT2D eigenvalue weighted by atomic mass is 16.5. The van der Waals surface area contributed by atoms with Gasteiger partial charge in [-0.3, -0.25) is 0 Å². The lowest BCUT2D eigenvalue weighted by Gasteiger charge is -2.21. The van der Waals surface area contributed by atoms with Crippen LogP contribution in [0.3, 0.4) is 0 Å². The molecule has 0 radical (unpaired) electrons. The van der Waals surface area contributed by atoms with E-state index in [0.717, 1.165) is 30.6 Å². The van der Waals surface area contributed by atoms with Gasteiger partial charge >= 0.3 is 5.97 Å². The van der Waals surface area contributed by atoms with Crippen LogP contribution in [0.4, 0.5) is 5.69 Å². The Kier molecular flexibility index (Phi) is 3.52. The van der Waals surface area contributed by atoms with Crippen LogP contribution in [0.15, 0.2) is 12.1 Å². The fourth-order valence-corrected chi connectivity index (χ4v) is 2.06. The SMILES string of the molecule is CCOC(=O)c1cc2c(c(OC)c1)NCCC2. The summed E-state index contributed by atoms with van der Waals surface area (Å²) in [6.45, 7) is 3.13. The average Bonchev–Trinajstić information content (AvgIpc) is 2.37. The van der Waals surface area contributed by atoms with E-state index in [4.69, 9.17) is 9.47 Å². The first-order valence-corrected chi connectivity index (χ1v) is 5.88. The van der Waals surface area contributed by atoms with Crippen LogP contribution in [0, 0.1) is 0 Å². The minimum atomic E-state index is -0.292. The topological polar surface area (TPSA) is 47.6 Å². The highest BCUT2D eigenvalue weighted by Crippen LogP contribution is 2.33. The quantitative estimate of drug-likeness (QED) is 0.816. The van der Waals surface area contributed by atoms with E-state index in [1.165, 1.54) is 0 Å². The summed E-state index contributed by atoms with van der Waals surface area (Å²) < 4.78 is 10.3. The summed E-state index contributed by atoms with van der Waals surface area (Å²) in [4.78, 5) is 11.7. The van der Waals surface area contributed by atoms with Gasteiger partial charge in [0.25, 0.3) is 0 Å². The zero-order valence-corrected chi connectivity index (χ0v) is 10.2. The summed E-state index contributed by atoms with van der Waals surface area (Å²) in [7, 11) is 1.61. The molecule has 1 aromatic rings. The normalized spacial score (nSPS) is 13.5. The van der Waals surface area contributed by atoms with Gasteiger partial charge in [-0.25, -0.2) is 4.79 Å². The molecule has 1 aromatic carbocycles. The third kappa shape index (κ3) is 2.35. The van der Waals surface area contributed by atoms with Gasteiger partial charge in [0.2, 0.25) is 0 Å². The number of fused-ring (bicyclic) bond motifs is 1. The van der Waals surface area contributed by atoms with Crippen molar-refractivity contribution in [2.45, 2.75) is 19.8 Å². The summed E-state index contributed by atoms with van der Waals surface area (Å²) in [6, 6.07) is 3.62. The van der Waals surface area contributed by atoms with E-state index in [1.54, 1.807) is 20.1 Å². The number of benzene rings is 1. The Bertz CT molecular complexity index is 412. The van der Waals surface area contributed by atoms with Crippen molar-refractivity contribution in [1.82, 2.24) is 0 Å². The summed E-state index contributed by atoms with van der Waals surface area (Å²) in [5.41, 5.74) is 2.69. The first-order chi connectivity index (χ1) is 8.26. The molecule has 1 N–H and O–H groups in total. The average molecular weight is 235 g/mol. The molecule has 17 heavy (non-hydrogen) atoms. The van der Waals surface area contributed by atoms with Crippen LogP contribution in [0.5, 0.6) is 5.75 Å². The van der Waals surface area contributed by atoms with E-state index in [9.17, 15) is 4.79 Å². The molecule has 0 spiro atoms. The van der Waals surface area contributed by atoms with E-state index < -0.39 is 0 Å². The summed E-state index contributed by atoms with van der Waals surface area (Å²) in [5, 5.41) is 3.30. The Morgan fingerprint density at radius 3 is 3.00 bits per heavy atom. The molecule has 0 bridgehead atoms. The second kappa shape index (κ2) is 5.08. The molecular weight excluding hydrogens is 218 g/mol. The number of ether oxygens (including phenoxy) is 2. The minimum Gasteiger partial charge on any atom is -0.495 e. The Morgan fingerprint density at radius 1 is 1.47 bits per heavy atom. The Hall–Kier alpha value is -1.71. The molecule has 0 fully saturated rings. The number of carbonyl (C=O) groups excluding carboxylic acids is 1. The maximum absolute atomic E-state index is 11.7. The van der Waals surface area contributed by atoms with E-state index in [2.05, 4.69) is 5.32 Å². The molecule has 1 heterocycles. The van der Waals surface area contributed by atoms with Gasteiger partial charge in [0.05, 0.1) is 25.0 Å². The third-order valence-corrected chi connectivity index (χ3v) is 2.84. The van der Waals surface area contributed by atoms with Crippen molar-refractivity contribution in [3.05, 3.63) is 23.3 Å². The second-order valence-corrected chi connectivity index (χ2v) is 3.96. The van der Waals surface area contributed by atoms with Crippen molar-refractivity contribution >= 4 is 11.7 Å². The van der Waals surface area contributed by atoms with Gasteiger partial charge in [-0.15, -0.1) is 0 Å². The molecule has 0 atom stereocenters. The number of hydrogen-bond acceptors (Lipinski definition) is 4. The van der Waals surface area contributed by atoms with Gasteiger partial charge in [-0.05, 0) is 37.5 Å². The van der Waals surface area contributed by atoms with Crippen molar-refractivity contribution < 1.29 is 14.3 Å². The molecule has 0 unspecified atom stereocenters. The first-order valence-electron chi connectivity index (χ1n) is 5.88. The number of aryl methyl sites for hydroxylation is 1. The van der Waals surface area contributed by atoms with Gasteiger partial charge in [-0.2, -0.15) is 0 Å². The summed E-state index contributed by atoms with van der Waals surface area (Å²) >= 11 is 0. The fourth-order valence-electron chi connectivity index (χ4n) is 2.06. The Labute approximate surface area is 101 Å². The molecule has 4 nitrogen and oxygen atoms in total. The first kappa shape index (κ1) is 11.8.